The van der Waals surface area contributed by atoms with Crippen LogP contribution in [0.3, 0.4) is 0 Å². The van der Waals surface area contributed by atoms with Crippen LogP contribution in [0.25, 0.3) is 0 Å². The van der Waals surface area contributed by atoms with Crippen molar-refractivity contribution in [2.45, 2.75) is 88.1 Å². The lowest BCUT2D eigenvalue weighted by Crippen LogP contribution is -2.48. The number of nitrogens with zero attached hydrogens (tertiary/aromatic N) is 4. The topological polar surface area (TPSA) is 116 Å². The van der Waals surface area contributed by atoms with Gasteiger partial charge in [0.15, 0.2) is 11.5 Å². The maximum Gasteiger partial charge on any atom is 0.271 e. The third-order valence-corrected chi connectivity index (χ3v) is 10.7. The van der Waals surface area contributed by atoms with Gasteiger partial charge in [0.1, 0.15) is 11.6 Å². The van der Waals surface area contributed by atoms with E-state index in [4.69, 9.17) is 10.7 Å². The highest BCUT2D eigenvalue weighted by Gasteiger charge is 2.35. The Morgan fingerprint density at radius 1 is 0.978 bits per heavy atom. The van der Waals surface area contributed by atoms with Crippen LogP contribution in [0.4, 0.5) is 21.7 Å². The second-order valence-corrected chi connectivity index (χ2v) is 13.9. The fourth-order valence-electron chi connectivity index (χ4n) is 7.27. The van der Waals surface area contributed by atoms with E-state index in [1.54, 1.807) is 12.3 Å². The maximum absolute atomic E-state index is 14.8. The summed E-state index contributed by atoms with van der Waals surface area (Å²) in [4.78, 5) is 39.1. The normalized spacial score (nSPS) is 21.8. The molecule has 2 saturated carbocycles. The van der Waals surface area contributed by atoms with Crippen molar-refractivity contribution >= 4 is 29.1 Å². The molecule has 9 nitrogen and oxygen atoms in total. The molecule has 2 aliphatic heterocycles. The predicted molar refractivity (Wildman–Crippen MR) is 177 cm³/mol. The Hall–Kier alpha value is -4.05. The molecule has 1 aromatic heterocycles. The van der Waals surface area contributed by atoms with E-state index in [9.17, 15) is 14.0 Å². The molecule has 2 aliphatic carbocycles. The highest BCUT2D eigenvalue weighted by Crippen LogP contribution is 2.41. The molecule has 4 N–H and O–H groups in total. The first-order chi connectivity index (χ1) is 22.3. The first kappa shape index (κ1) is 30.6. The number of piperidine rings is 2. The molecular formula is C36H44FN7O2. The van der Waals surface area contributed by atoms with Crippen molar-refractivity contribution in [1.29, 1.82) is 0 Å². The molecule has 2 amide bonds. The van der Waals surface area contributed by atoms with Crippen LogP contribution in [0.5, 0.6) is 0 Å². The van der Waals surface area contributed by atoms with E-state index in [0.717, 1.165) is 68.9 Å². The second-order valence-electron chi connectivity index (χ2n) is 13.9. The summed E-state index contributed by atoms with van der Waals surface area (Å²) in [7, 11) is 0. The van der Waals surface area contributed by atoms with E-state index in [1.807, 2.05) is 23.1 Å². The molecule has 0 bridgehead atoms. The molecule has 7 rings (SSSR count). The number of benzene rings is 2. The van der Waals surface area contributed by atoms with E-state index >= 15 is 0 Å². The summed E-state index contributed by atoms with van der Waals surface area (Å²) in [5.74, 6) is -0.259. The molecule has 0 radical (unpaired) electrons. The maximum atomic E-state index is 14.8. The van der Waals surface area contributed by atoms with Crippen LogP contribution in [-0.4, -0.2) is 64.9 Å². The standard InChI is InChI=1S/C36H44FN7O2/c1-36(15-18-43(19-16-36)28-5-2-6-28)25-10-12-26(13-11-25)40-34-32(33(38)45)39-21-31(42-34)44-17-3-4-27(22-44)41-35(46)29-14-9-24(20-30(29)37)23-7-8-23/h9-14,20-21,23,27-28H,2-8,15-19,22H2,1H3,(H2,38,45)(H,40,42)(H,41,46)/t27-/m1/s1. The first-order valence-corrected chi connectivity index (χ1v) is 16.9. The number of amides is 2. The number of likely N-dealkylation sites (tertiary alicyclic amines) is 1. The molecule has 3 aromatic rings. The summed E-state index contributed by atoms with van der Waals surface area (Å²) in [6.45, 7) is 5.87. The number of hydrogen-bond acceptors (Lipinski definition) is 7. The summed E-state index contributed by atoms with van der Waals surface area (Å²) in [6, 6.07) is 14.0. The lowest BCUT2D eigenvalue weighted by atomic mass is 9.73. The van der Waals surface area contributed by atoms with Crippen molar-refractivity contribution in [3.8, 4) is 0 Å². The van der Waals surface area contributed by atoms with Crippen LogP contribution in [0.15, 0.2) is 48.7 Å². The molecule has 10 heteroatoms. The van der Waals surface area contributed by atoms with Crippen LogP contribution in [-0.2, 0) is 5.41 Å². The van der Waals surface area contributed by atoms with Gasteiger partial charge in [0.25, 0.3) is 11.8 Å². The van der Waals surface area contributed by atoms with Crippen molar-refractivity contribution in [1.82, 2.24) is 20.2 Å². The quantitative estimate of drug-likeness (QED) is 0.282. The van der Waals surface area contributed by atoms with Gasteiger partial charge in [-0.3, -0.25) is 9.59 Å². The van der Waals surface area contributed by atoms with E-state index in [-0.39, 0.29) is 22.7 Å². The highest BCUT2D eigenvalue weighted by molar-refractivity contribution is 5.96. The van der Waals surface area contributed by atoms with Crippen LogP contribution in [0, 0.1) is 5.82 Å². The molecule has 2 saturated heterocycles. The number of nitrogens with two attached hydrogens (primary N) is 1. The number of halogens is 1. The van der Waals surface area contributed by atoms with Crippen LogP contribution in [0.2, 0.25) is 0 Å². The van der Waals surface area contributed by atoms with Gasteiger partial charge in [0.2, 0.25) is 0 Å². The molecule has 4 fully saturated rings. The molecule has 2 aromatic carbocycles. The fourth-order valence-corrected chi connectivity index (χ4v) is 7.27. The summed E-state index contributed by atoms with van der Waals surface area (Å²) in [5.41, 5.74) is 9.03. The Bertz CT molecular complexity index is 1600. The number of primary amides is 1. The van der Waals surface area contributed by atoms with Gasteiger partial charge < -0.3 is 26.2 Å². The molecular weight excluding hydrogens is 581 g/mol. The Labute approximate surface area is 270 Å². The summed E-state index contributed by atoms with van der Waals surface area (Å²) in [5, 5.41) is 6.29. The number of carbonyl (C=O) groups is 2. The monoisotopic (exact) mass is 625 g/mol. The predicted octanol–water partition coefficient (Wildman–Crippen LogP) is 5.64. The SMILES string of the molecule is CC1(c2ccc(Nc3nc(N4CCC[C@@H](NC(=O)c5ccc(C6CC6)cc5F)C4)cnc3C(N)=O)cc2)CCN(C2CCC2)CC1. The van der Waals surface area contributed by atoms with Crippen molar-refractivity contribution < 1.29 is 14.0 Å². The van der Waals surface area contributed by atoms with Gasteiger partial charge in [-0.2, -0.15) is 0 Å². The Morgan fingerprint density at radius 2 is 1.74 bits per heavy atom. The molecule has 242 valence electrons. The van der Waals surface area contributed by atoms with E-state index in [0.29, 0.717) is 30.6 Å². The van der Waals surface area contributed by atoms with Gasteiger partial charge in [-0.1, -0.05) is 31.5 Å². The number of carbonyl (C=O) groups excluding carboxylic acids is 2. The van der Waals surface area contributed by atoms with Gasteiger partial charge in [-0.05, 0) is 111 Å². The van der Waals surface area contributed by atoms with Crippen molar-refractivity contribution in [3.05, 3.63) is 76.9 Å². The molecule has 4 aliphatic rings. The Morgan fingerprint density at radius 3 is 2.39 bits per heavy atom. The van der Waals surface area contributed by atoms with Crippen molar-refractivity contribution in [2.75, 3.05) is 36.4 Å². The summed E-state index contributed by atoms with van der Waals surface area (Å²) in [6.07, 6.45) is 11.6. The average molecular weight is 626 g/mol. The highest BCUT2D eigenvalue weighted by atomic mass is 19.1. The zero-order valence-corrected chi connectivity index (χ0v) is 26.6. The van der Waals surface area contributed by atoms with Gasteiger partial charge >= 0.3 is 0 Å². The number of rotatable bonds is 9. The minimum absolute atomic E-state index is 0.0649. The number of anilines is 3. The summed E-state index contributed by atoms with van der Waals surface area (Å²) >= 11 is 0. The molecule has 1 atom stereocenters. The minimum atomic E-state index is -0.664. The van der Waals surface area contributed by atoms with Gasteiger partial charge in [0.05, 0.1) is 11.8 Å². The van der Waals surface area contributed by atoms with Crippen molar-refractivity contribution in [2.24, 2.45) is 5.73 Å². The lowest BCUT2D eigenvalue weighted by Gasteiger charge is -2.45. The van der Waals surface area contributed by atoms with E-state index in [1.165, 1.54) is 30.9 Å². The zero-order chi connectivity index (χ0) is 31.8. The fraction of sp³-hybridized carbons (Fsp3) is 0.500. The largest absolute Gasteiger partial charge is 0.364 e. The Kier molecular flexibility index (Phi) is 8.40. The third kappa shape index (κ3) is 6.45. The van der Waals surface area contributed by atoms with Gasteiger partial charge in [-0.15, -0.1) is 0 Å². The minimum Gasteiger partial charge on any atom is -0.364 e. The van der Waals surface area contributed by atoms with Crippen molar-refractivity contribution in [3.63, 3.8) is 0 Å². The third-order valence-electron chi connectivity index (χ3n) is 10.7. The molecule has 3 heterocycles. The van der Waals surface area contributed by atoms with Gasteiger partial charge in [0, 0.05) is 30.9 Å². The molecule has 0 spiro atoms. The lowest BCUT2D eigenvalue weighted by molar-refractivity contribution is 0.0773. The average Bonchev–Trinajstić information content (AvgIpc) is 3.88. The van der Waals surface area contributed by atoms with E-state index < -0.39 is 17.6 Å². The van der Waals surface area contributed by atoms with Gasteiger partial charge in [-0.25, -0.2) is 14.4 Å². The number of aromatic nitrogens is 2. The Balaban J connectivity index is 1.01. The van der Waals surface area contributed by atoms with Crippen LogP contribution < -0.4 is 21.3 Å². The first-order valence-electron chi connectivity index (χ1n) is 16.9. The molecule has 46 heavy (non-hydrogen) atoms. The summed E-state index contributed by atoms with van der Waals surface area (Å²) < 4.78 is 14.8. The molecule has 0 unspecified atom stereocenters. The van der Waals surface area contributed by atoms with Crippen LogP contribution >= 0.6 is 0 Å². The zero-order valence-electron chi connectivity index (χ0n) is 26.6. The van der Waals surface area contributed by atoms with E-state index in [2.05, 4.69) is 39.6 Å². The van der Waals surface area contributed by atoms with Crippen LogP contribution in [0.1, 0.15) is 103 Å². The number of hydrogen-bond donors (Lipinski definition) is 3. The smallest absolute Gasteiger partial charge is 0.271 e. The number of nitrogens with one attached hydrogen (secondary N) is 2. The second kappa shape index (κ2) is 12.6.